The summed E-state index contributed by atoms with van der Waals surface area (Å²) in [7, 11) is 3.28. The predicted molar refractivity (Wildman–Crippen MR) is 65.2 cm³/mol. The zero-order valence-corrected chi connectivity index (χ0v) is 10.8. The fourth-order valence-corrected chi connectivity index (χ4v) is 1.54. The van der Waals surface area contributed by atoms with Crippen LogP contribution >= 0.6 is 11.6 Å². The Morgan fingerprint density at radius 3 is 2.44 bits per heavy atom. The molecule has 88 valence electrons. The van der Waals surface area contributed by atoms with Gasteiger partial charge in [-0.25, -0.2) is 0 Å². The van der Waals surface area contributed by atoms with Crippen LogP contribution in [0.4, 0.5) is 4.79 Å². The summed E-state index contributed by atoms with van der Waals surface area (Å²) < 4.78 is 5.28. The van der Waals surface area contributed by atoms with Crippen LogP contribution in [0.1, 0.15) is 16.7 Å². The van der Waals surface area contributed by atoms with E-state index < -0.39 is 5.37 Å². The van der Waals surface area contributed by atoms with E-state index in [0.717, 1.165) is 11.3 Å². The number of carbonyl (C=O) groups is 1. The van der Waals surface area contributed by atoms with E-state index in [0.29, 0.717) is 6.54 Å². The van der Waals surface area contributed by atoms with Crippen LogP contribution in [0, 0.1) is 13.8 Å². The summed E-state index contributed by atoms with van der Waals surface area (Å²) in [6.45, 7) is 4.51. The van der Waals surface area contributed by atoms with Crippen LogP contribution in [0.2, 0.25) is 0 Å². The zero-order chi connectivity index (χ0) is 12.3. The minimum absolute atomic E-state index is 0.451. The molecule has 0 atom stereocenters. The first-order valence-corrected chi connectivity index (χ1v) is 5.38. The Labute approximate surface area is 101 Å². The number of aryl methyl sites for hydroxylation is 2. The maximum Gasteiger partial charge on any atom is 0.316 e. The molecule has 0 N–H and O–H groups in total. The molecule has 1 aromatic rings. The predicted octanol–water partition coefficient (Wildman–Crippen LogP) is 3.10. The second-order valence-electron chi connectivity index (χ2n) is 3.86. The van der Waals surface area contributed by atoms with Crippen LogP contribution in [-0.4, -0.2) is 24.4 Å². The van der Waals surface area contributed by atoms with Crippen LogP contribution in [0.25, 0.3) is 0 Å². The SMILES string of the molecule is COc1cc(C)c(C)cc1CN(C)C(=O)Cl. The molecule has 0 fully saturated rings. The average molecular weight is 242 g/mol. The van der Waals surface area contributed by atoms with Gasteiger partial charge in [0.1, 0.15) is 5.75 Å². The Kier molecular flexibility index (Phi) is 4.19. The van der Waals surface area contributed by atoms with E-state index in [9.17, 15) is 4.79 Å². The van der Waals surface area contributed by atoms with Crippen molar-refractivity contribution in [1.82, 2.24) is 4.90 Å². The third-order valence-corrected chi connectivity index (χ3v) is 2.89. The molecule has 0 spiro atoms. The van der Waals surface area contributed by atoms with Crippen molar-refractivity contribution >= 4 is 17.0 Å². The molecule has 1 aromatic carbocycles. The molecule has 3 nitrogen and oxygen atoms in total. The van der Waals surface area contributed by atoms with Gasteiger partial charge in [-0.1, -0.05) is 6.07 Å². The first kappa shape index (κ1) is 12.8. The van der Waals surface area contributed by atoms with Gasteiger partial charge < -0.3 is 9.64 Å². The van der Waals surface area contributed by atoms with E-state index in [4.69, 9.17) is 16.3 Å². The van der Waals surface area contributed by atoms with Crippen molar-refractivity contribution in [3.8, 4) is 5.75 Å². The van der Waals surface area contributed by atoms with E-state index >= 15 is 0 Å². The summed E-state index contributed by atoms with van der Waals surface area (Å²) >= 11 is 5.39. The molecule has 0 saturated heterocycles. The van der Waals surface area contributed by atoms with Crippen LogP contribution in [0.15, 0.2) is 12.1 Å². The standard InChI is InChI=1S/C12H16ClNO2/c1-8-5-10(7-14(3)12(13)15)11(16-4)6-9(8)2/h5-6H,7H2,1-4H3. The normalized spacial score (nSPS) is 10.1. The molecule has 0 aliphatic carbocycles. The molecule has 0 heterocycles. The maximum atomic E-state index is 11.0. The van der Waals surface area contributed by atoms with E-state index in [1.165, 1.54) is 16.0 Å². The number of hydrogen-bond acceptors (Lipinski definition) is 2. The molecule has 1 rings (SSSR count). The van der Waals surface area contributed by atoms with Crippen molar-refractivity contribution < 1.29 is 9.53 Å². The van der Waals surface area contributed by atoms with Crippen molar-refractivity contribution in [3.63, 3.8) is 0 Å². The number of nitrogens with zero attached hydrogens (tertiary/aromatic N) is 1. The van der Waals surface area contributed by atoms with Gasteiger partial charge in [0.25, 0.3) is 0 Å². The van der Waals surface area contributed by atoms with Gasteiger partial charge in [-0.05, 0) is 42.6 Å². The second-order valence-corrected chi connectivity index (χ2v) is 4.18. The lowest BCUT2D eigenvalue weighted by Crippen LogP contribution is -2.20. The number of halogens is 1. The summed E-state index contributed by atoms with van der Waals surface area (Å²) in [6.07, 6.45) is 0. The summed E-state index contributed by atoms with van der Waals surface area (Å²) in [4.78, 5) is 12.4. The van der Waals surface area contributed by atoms with Gasteiger partial charge in [0.2, 0.25) is 0 Å². The lowest BCUT2D eigenvalue weighted by atomic mass is 10.0. The number of hydrogen-bond donors (Lipinski definition) is 0. The highest BCUT2D eigenvalue weighted by molar-refractivity contribution is 6.62. The third-order valence-electron chi connectivity index (χ3n) is 2.60. The van der Waals surface area contributed by atoms with Crippen molar-refractivity contribution in [1.29, 1.82) is 0 Å². The summed E-state index contributed by atoms with van der Waals surface area (Å²) in [6, 6.07) is 3.99. The molecule has 1 amide bonds. The number of carbonyl (C=O) groups excluding carboxylic acids is 1. The Balaban J connectivity index is 3.03. The van der Waals surface area contributed by atoms with Crippen LogP contribution < -0.4 is 4.74 Å². The minimum Gasteiger partial charge on any atom is -0.496 e. The number of methoxy groups -OCH3 is 1. The van der Waals surface area contributed by atoms with Gasteiger partial charge in [0.15, 0.2) is 0 Å². The quantitative estimate of drug-likeness (QED) is 0.601. The molecular weight excluding hydrogens is 226 g/mol. The lowest BCUT2D eigenvalue weighted by molar-refractivity contribution is 0.230. The molecule has 16 heavy (non-hydrogen) atoms. The molecule has 0 bridgehead atoms. The molecule has 0 aliphatic heterocycles. The highest BCUT2D eigenvalue weighted by Gasteiger charge is 2.11. The molecule has 0 unspecified atom stereocenters. The number of benzene rings is 1. The fourth-order valence-electron chi connectivity index (χ4n) is 1.48. The van der Waals surface area contributed by atoms with E-state index in [-0.39, 0.29) is 0 Å². The highest BCUT2D eigenvalue weighted by Crippen LogP contribution is 2.24. The van der Waals surface area contributed by atoms with Gasteiger partial charge >= 0.3 is 5.37 Å². The van der Waals surface area contributed by atoms with Crippen molar-refractivity contribution in [3.05, 3.63) is 28.8 Å². The first-order chi connectivity index (χ1) is 7.45. The number of amides is 1. The maximum absolute atomic E-state index is 11.0. The van der Waals surface area contributed by atoms with Gasteiger partial charge in [0, 0.05) is 12.6 Å². The molecule has 4 heteroatoms. The Bertz CT molecular complexity index is 404. The molecule has 0 radical (unpaired) electrons. The Hall–Kier alpha value is -1.22. The van der Waals surface area contributed by atoms with Gasteiger partial charge in [0.05, 0.1) is 13.7 Å². The summed E-state index contributed by atoms with van der Waals surface area (Å²) in [5, 5.41) is -0.472. The zero-order valence-electron chi connectivity index (χ0n) is 10.0. The van der Waals surface area contributed by atoms with Gasteiger partial charge in [-0.3, -0.25) is 4.79 Å². The monoisotopic (exact) mass is 241 g/mol. The second kappa shape index (κ2) is 5.21. The fraction of sp³-hybridized carbons (Fsp3) is 0.417. The number of ether oxygens (including phenoxy) is 1. The minimum atomic E-state index is -0.472. The largest absolute Gasteiger partial charge is 0.496 e. The molecular formula is C12H16ClNO2. The Morgan fingerprint density at radius 2 is 1.94 bits per heavy atom. The molecule has 0 aromatic heterocycles. The van der Waals surface area contributed by atoms with Crippen molar-refractivity contribution in [2.45, 2.75) is 20.4 Å². The summed E-state index contributed by atoms with van der Waals surface area (Å²) in [5.41, 5.74) is 3.30. The van der Waals surface area contributed by atoms with Crippen LogP contribution in [0.5, 0.6) is 5.75 Å². The smallest absolute Gasteiger partial charge is 0.316 e. The van der Waals surface area contributed by atoms with Crippen molar-refractivity contribution in [2.24, 2.45) is 0 Å². The summed E-state index contributed by atoms with van der Waals surface area (Å²) in [5.74, 6) is 0.785. The van der Waals surface area contributed by atoms with E-state index in [1.807, 2.05) is 26.0 Å². The van der Waals surface area contributed by atoms with Crippen LogP contribution in [0.3, 0.4) is 0 Å². The van der Waals surface area contributed by atoms with E-state index in [2.05, 4.69) is 0 Å². The van der Waals surface area contributed by atoms with Crippen LogP contribution in [-0.2, 0) is 6.54 Å². The molecule has 0 saturated carbocycles. The lowest BCUT2D eigenvalue weighted by Gasteiger charge is -2.17. The average Bonchev–Trinajstić information content (AvgIpc) is 2.22. The van der Waals surface area contributed by atoms with Crippen molar-refractivity contribution in [2.75, 3.05) is 14.2 Å². The van der Waals surface area contributed by atoms with Gasteiger partial charge in [-0.15, -0.1) is 0 Å². The number of rotatable bonds is 3. The highest BCUT2D eigenvalue weighted by atomic mass is 35.5. The third kappa shape index (κ3) is 2.89. The van der Waals surface area contributed by atoms with Gasteiger partial charge in [-0.2, -0.15) is 0 Å². The topological polar surface area (TPSA) is 29.5 Å². The first-order valence-electron chi connectivity index (χ1n) is 5.00. The van der Waals surface area contributed by atoms with E-state index in [1.54, 1.807) is 14.2 Å². The molecule has 0 aliphatic rings. The Morgan fingerprint density at radius 1 is 1.38 bits per heavy atom.